The van der Waals surface area contributed by atoms with Crippen molar-refractivity contribution in [3.8, 4) is 0 Å². The van der Waals surface area contributed by atoms with Gasteiger partial charge in [0.15, 0.2) is 0 Å². The van der Waals surface area contributed by atoms with Gasteiger partial charge in [-0.05, 0) is 43.0 Å². The number of benzene rings is 1. The molecule has 0 bridgehead atoms. The van der Waals surface area contributed by atoms with Crippen LogP contribution < -0.4 is 5.32 Å². The highest BCUT2D eigenvalue weighted by atomic mass is 32.1. The second-order valence-corrected chi connectivity index (χ2v) is 6.30. The van der Waals surface area contributed by atoms with Crippen LogP contribution in [0.15, 0.2) is 18.2 Å². The van der Waals surface area contributed by atoms with Crippen molar-refractivity contribution in [2.24, 2.45) is 0 Å². The van der Waals surface area contributed by atoms with Crippen molar-refractivity contribution in [1.82, 2.24) is 10.2 Å². The summed E-state index contributed by atoms with van der Waals surface area (Å²) >= 11 is 1.46. The van der Waals surface area contributed by atoms with Gasteiger partial charge >= 0.3 is 0 Å². The molecule has 1 amide bonds. The summed E-state index contributed by atoms with van der Waals surface area (Å²) < 4.78 is 14.3. The van der Waals surface area contributed by atoms with Crippen LogP contribution >= 0.6 is 11.3 Å². The van der Waals surface area contributed by atoms with Gasteiger partial charge in [0.2, 0.25) is 0 Å². The first-order chi connectivity index (χ1) is 9.58. The molecule has 1 aromatic heterocycles. The predicted molar refractivity (Wildman–Crippen MR) is 79.9 cm³/mol. The molecular weight excluding hydrogens is 275 g/mol. The van der Waals surface area contributed by atoms with Gasteiger partial charge in [-0.1, -0.05) is 0 Å². The van der Waals surface area contributed by atoms with Gasteiger partial charge in [0.1, 0.15) is 5.82 Å². The van der Waals surface area contributed by atoms with E-state index in [1.165, 1.54) is 23.5 Å². The van der Waals surface area contributed by atoms with Crippen molar-refractivity contribution in [2.45, 2.75) is 19.9 Å². The Labute approximate surface area is 121 Å². The van der Waals surface area contributed by atoms with Gasteiger partial charge in [0.05, 0.1) is 4.88 Å². The Morgan fingerprint density at radius 3 is 3.05 bits per heavy atom. The van der Waals surface area contributed by atoms with Gasteiger partial charge in [-0.3, -0.25) is 4.79 Å². The van der Waals surface area contributed by atoms with Crippen LogP contribution in [-0.4, -0.2) is 36.5 Å². The van der Waals surface area contributed by atoms with Crippen molar-refractivity contribution in [3.63, 3.8) is 0 Å². The molecule has 0 saturated carbocycles. The van der Waals surface area contributed by atoms with Gasteiger partial charge < -0.3 is 10.2 Å². The fourth-order valence-corrected chi connectivity index (χ4v) is 3.82. The van der Waals surface area contributed by atoms with E-state index in [2.05, 4.69) is 5.32 Å². The maximum absolute atomic E-state index is 13.3. The van der Waals surface area contributed by atoms with Crippen molar-refractivity contribution in [1.29, 1.82) is 0 Å². The summed E-state index contributed by atoms with van der Waals surface area (Å²) in [6.45, 7) is 6.33. The lowest BCUT2D eigenvalue weighted by atomic mass is 10.1. The number of aryl methyl sites for hydroxylation is 1. The second-order valence-electron chi connectivity index (χ2n) is 5.25. The Bertz CT molecular complexity index is 667. The van der Waals surface area contributed by atoms with Crippen molar-refractivity contribution in [2.75, 3.05) is 19.6 Å². The van der Waals surface area contributed by atoms with E-state index in [1.807, 2.05) is 18.7 Å². The lowest BCUT2D eigenvalue weighted by molar-refractivity contribution is 0.0660. The molecule has 1 aliphatic heterocycles. The zero-order chi connectivity index (χ0) is 14.3. The van der Waals surface area contributed by atoms with Crippen molar-refractivity contribution in [3.05, 3.63) is 34.5 Å². The molecule has 3 rings (SSSR count). The number of amides is 1. The molecule has 1 aromatic carbocycles. The molecule has 1 aliphatic rings. The summed E-state index contributed by atoms with van der Waals surface area (Å²) in [6, 6.07) is 4.90. The number of fused-ring (bicyclic) bond motifs is 1. The third-order valence-electron chi connectivity index (χ3n) is 3.85. The molecule has 1 fully saturated rings. The standard InChI is InChI=1S/C15H17FN2OS/c1-9-8-17-5-6-18(9)15(19)14-10(2)12-7-11(16)3-4-13(12)20-14/h3-4,7,9,17H,5-6,8H2,1-2H3/t9-/m1/s1. The molecule has 1 saturated heterocycles. The third kappa shape index (κ3) is 2.21. The Morgan fingerprint density at radius 2 is 2.30 bits per heavy atom. The number of halogens is 1. The molecular formula is C15H17FN2OS. The van der Waals surface area contributed by atoms with Crippen LogP contribution in [0.25, 0.3) is 10.1 Å². The minimum atomic E-state index is -0.257. The molecule has 5 heteroatoms. The minimum Gasteiger partial charge on any atom is -0.333 e. The summed E-state index contributed by atoms with van der Waals surface area (Å²) in [5.41, 5.74) is 0.889. The molecule has 3 nitrogen and oxygen atoms in total. The highest BCUT2D eigenvalue weighted by Crippen LogP contribution is 2.32. The maximum Gasteiger partial charge on any atom is 0.264 e. The lowest BCUT2D eigenvalue weighted by Gasteiger charge is -2.33. The average molecular weight is 292 g/mol. The zero-order valence-electron chi connectivity index (χ0n) is 11.6. The van der Waals surface area contributed by atoms with Crippen molar-refractivity contribution >= 4 is 27.3 Å². The van der Waals surface area contributed by atoms with Crippen LogP contribution in [-0.2, 0) is 0 Å². The fraction of sp³-hybridized carbons (Fsp3) is 0.400. The Hall–Kier alpha value is -1.46. The molecule has 0 spiro atoms. The fourth-order valence-electron chi connectivity index (χ4n) is 2.67. The molecule has 1 N–H and O–H groups in total. The van der Waals surface area contributed by atoms with Crippen LogP contribution in [0.3, 0.4) is 0 Å². The Morgan fingerprint density at radius 1 is 1.50 bits per heavy atom. The Kier molecular flexibility index (Phi) is 3.48. The monoisotopic (exact) mass is 292 g/mol. The van der Waals surface area contributed by atoms with E-state index in [1.54, 1.807) is 6.07 Å². The number of carbonyl (C=O) groups excluding carboxylic acids is 1. The van der Waals surface area contributed by atoms with Crippen LogP contribution in [0.5, 0.6) is 0 Å². The summed E-state index contributed by atoms with van der Waals surface area (Å²) in [6.07, 6.45) is 0. The normalized spacial score (nSPS) is 19.6. The highest BCUT2D eigenvalue weighted by molar-refractivity contribution is 7.21. The van der Waals surface area contributed by atoms with E-state index < -0.39 is 0 Å². The molecule has 2 aromatic rings. The number of carbonyl (C=O) groups is 1. The molecule has 0 aliphatic carbocycles. The van der Waals surface area contributed by atoms with Crippen molar-refractivity contribution < 1.29 is 9.18 Å². The number of nitrogens with one attached hydrogen (secondary N) is 1. The number of thiophene rings is 1. The highest BCUT2D eigenvalue weighted by Gasteiger charge is 2.27. The van der Waals surface area contributed by atoms with E-state index in [0.717, 1.165) is 40.2 Å². The van der Waals surface area contributed by atoms with E-state index in [-0.39, 0.29) is 17.8 Å². The largest absolute Gasteiger partial charge is 0.333 e. The molecule has 0 unspecified atom stereocenters. The lowest BCUT2D eigenvalue weighted by Crippen LogP contribution is -2.52. The van der Waals surface area contributed by atoms with Gasteiger partial charge in [-0.15, -0.1) is 11.3 Å². The van der Waals surface area contributed by atoms with Gasteiger partial charge in [-0.2, -0.15) is 0 Å². The smallest absolute Gasteiger partial charge is 0.264 e. The van der Waals surface area contributed by atoms with Crippen LogP contribution in [0, 0.1) is 12.7 Å². The molecule has 0 radical (unpaired) electrons. The first-order valence-electron chi connectivity index (χ1n) is 6.78. The first kappa shape index (κ1) is 13.5. The zero-order valence-corrected chi connectivity index (χ0v) is 12.4. The number of rotatable bonds is 1. The molecule has 106 valence electrons. The van der Waals surface area contributed by atoms with Gasteiger partial charge in [0, 0.05) is 30.4 Å². The number of hydrogen-bond acceptors (Lipinski definition) is 3. The van der Waals surface area contributed by atoms with Crippen LogP contribution in [0.1, 0.15) is 22.2 Å². The van der Waals surface area contributed by atoms with Gasteiger partial charge in [-0.25, -0.2) is 4.39 Å². The minimum absolute atomic E-state index is 0.0677. The predicted octanol–water partition coefficient (Wildman–Crippen LogP) is 2.78. The molecule has 1 atom stereocenters. The maximum atomic E-state index is 13.3. The van der Waals surface area contributed by atoms with E-state index in [0.29, 0.717) is 0 Å². The third-order valence-corrected chi connectivity index (χ3v) is 5.12. The first-order valence-corrected chi connectivity index (χ1v) is 7.60. The van der Waals surface area contributed by atoms with Crippen LogP contribution in [0.4, 0.5) is 4.39 Å². The van der Waals surface area contributed by atoms with Crippen LogP contribution in [0.2, 0.25) is 0 Å². The van der Waals surface area contributed by atoms with E-state index >= 15 is 0 Å². The topological polar surface area (TPSA) is 32.3 Å². The molecule has 2 heterocycles. The summed E-state index contributed by atoms with van der Waals surface area (Å²) in [5, 5.41) is 4.13. The average Bonchev–Trinajstić information content (AvgIpc) is 2.76. The molecule has 20 heavy (non-hydrogen) atoms. The SMILES string of the molecule is Cc1c(C(=O)N2CCNC[C@H]2C)sc2ccc(F)cc12. The number of piperazine rings is 1. The summed E-state index contributed by atoms with van der Waals surface area (Å²) in [5.74, 6) is -0.189. The number of nitrogens with zero attached hydrogens (tertiary/aromatic N) is 1. The quantitative estimate of drug-likeness (QED) is 0.876. The van der Waals surface area contributed by atoms with Gasteiger partial charge in [0.25, 0.3) is 5.91 Å². The number of hydrogen-bond donors (Lipinski definition) is 1. The summed E-state index contributed by atoms with van der Waals surface area (Å²) in [7, 11) is 0. The van der Waals surface area contributed by atoms with E-state index in [9.17, 15) is 9.18 Å². The van der Waals surface area contributed by atoms with E-state index in [4.69, 9.17) is 0 Å². The summed E-state index contributed by atoms with van der Waals surface area (Å²) in [4.78, 5) is 15.3. The second kappa shape index (κ2) is 5.14. The Balaban J connectivity index is 2.01.